The molecule has 5 nitrogen and oxygen atoms in total. The number of amides is 1. The Kier molecular flexibility index (Phi) is 4.45. The highest BCUT2D eigenvalue weighted by atomic mass is 35.5. The highest BCUT2D eigenvalue weighted by Crippen LogP contribution is 2.16. The maximum Gasteiger partial charge on any atom is 0.285 e. The molecule has 1 aromatic carbocycles. The van der Waals surface area contributed by atoms with Crippen LogP contribution in [0.4, 0.5) is 0 Å². The minimum Gasteiger partial charge on any atom is -0.361 e. The number of nitrogens with zero attached hydrogens (tertiary/aromatic N) is 3. The number of aryl methyl sites for hydroxylation is 2. The van der Waals surface area contributed by atoms with Crippen LogP contribution in [0.1, 0.15) is 27.4 Å². The summed E-state index contributed by atoms with van der Waals surface area (Å²) >= 11 is 7.59. The van der Waals surface area contributed by atoms with Gasteiger partial charge >= 0.3 is 0 Å². The van der Waals surface area contributed by atoms with Crippen molar-refractivity contribution in [2.75, 3.05) is 0 Å². The van der Waals surface area contributed by atoms with E-state index in [1.807, 2.05) is 40.4 Å². The fourth-order valence-corrected chi connectivity index (χ4v) is 3.17. The largest absolute Gasteiger partial charge is 0.361 e. The van der Waals surface area contributed by atoms with E-state index in [0.29, 0.717) is 33.4 Å². The average molecular weight is 348 g/mol. The zero-order valence-electron chi connectivity index (χ0n) is 12.6. The van der Waals surface area contributed by atoms with Gasteiger partial charge in [0.1, 0.15) is 11.3 Å². The lowest BCUT2D eigenvalue weighted by molar-refractivity contribution is 0.0996. The van der Waals surface area contributed by atoms with Crippen molar-refractivity contribution < 1.29 is 9.32 Å². The number of thiazole rings is 1. The third kappa shape index (κ3) is 3.28. The third-order valence-corrected chi connectivity index (χ3v) is 4.57. The molecule has 118 valence electrons. The van der Waals surface area contributed by atoms with Gasteiger partial charge in [-0.25, -0.2) is 0 Å². The molecule has 2 aromatic heterocycles. The van der Waals surface area contributed by atoms with E-state index in [4.69, 9.17) is 16.1 Å². The molecule has 0 aliphatic heterocycles. The van der Waals surface area contributed by atoms with Crippen molar-refractivity contribution in [1.82, 2.24) is 9.72 Å². The zero-order valence-corrected chi connectivity index (χ0v) is 14.2. The highest BCUT2D eigenvalue weighted by molar-refractivity contribution is 7.07. The Hall–Kier alpha value is -2.18. The summed E-state index contributed by atoms with van der Waals surface area (Å²) in [5, 5.41) is 6.37. The van der Waals surface area contributed by atoms with E-state index < -0.39 is 0 Å². The summed E-state index contributed by atoms with van der Waals surface area (Å²) in [5.74, 6) is 0.127. The molecule has 0 atom stereocenters. The molecule has 1 amide bonds. The van der Waals surface area contributed by atoms with Crippen molar-refractivity contribution in [3.8, 4) is 0 Å². The fourth-order valence-electron chi connectivity index (χ4n) is 2.25. The van der Waals surface area contributed by atoms with Gasteiger partial charge in [-0.1, -0.05) is 35.0 Å². The van der Waals surface area contributed by atoms with Crippen LogP contribution in [0.15, 0.2) is 45.4 Å². The molecular formula is C16H14ClN3O2S. The van der Waals surface area contributed by atoms with Crippen LogP contribution < -0.4 is 4.80 Å². The number of rotatable bonds is 3. The van der Waals surface area contributed by atoms with Gasteiger partial charge in [0.15, 0.2) is 4.80 Å². The molecule has 7 heteroatoms. The maximum absolute atomic E-state index is 12.4. The smallest absolute Gasteiger partial charge is 0.285 e. The van der Waals surface area contributed by atoms with E-state index in [1.165, 1.54) is 11.3 Å². The summed E-state index contributed by atoms with van der Waals surface area (Å²) in [6.07, 6.45) is 1.88. The standard InChI is InChI=1S/C16H14ClN3O2S/c1-10-14(11(2)22-19-10)15(21)18-16-20(7-8-23-16)9-12-5-3-4-6-13(12)17/h3-8H,9H2,1-2H3. The van der Waals surface area contributed by atoms with Crippen LogP contribution in [0.2, 0.25) is 5.02 Å². The summed E-state index contributed by atoms with van der Waals surface area (Å²) in [7, 11) is 0. The van der Waals surface area contributed by atoms with Gasteiger partial charge < -0.3 is 9.09 Å². The van der Waals surface area contributed by atoms with E-state index >= 15 is 0 Å². The predicted octanol–water partition coefficient (Wildman–Crippen LogP) is 3.60. The molecule has 0 unspecified atom stereocenters. The monoisotopic (exact) mass is 347 g/mol. The van der Waals surface area contributed by atoms with Gasteiger partial charge in [-0.05, 0) is 25.5 Å². The lowest BCUT2D eigenvalue weighted by atomic mass is 10.2. The normalized spacial score (nSPS) is 11.9. The van der Waals surface area contributed by atoms with E-state index in [2.05, 4.69) is 10.1 Å². The SMILES string of the molecule is Cc1noc(C)c1C(=O)N=c1sccn1Cc1ccccc1Cl. The van der Waals surface area contributed by atoms with Gasteiger partial charge in [0.2, 0.25) is 0 Å². The van der Waals surface area contributed by atoms with Crippen molar-refractivity contribution in [3.63, 3.8) is 0 Å². The van der Waals surface area contributed by atoms with Gasteiger partial charge in [0.25, 0.3) is 5.91 Å². The van der Waals surface area contributed by atoms with Gasteiger partial charge in [0.05, 0.1) is 12.2 Å². The van der Waals surface area contributed by atoms with Crippen LogP contribution in [0, 0.1) is 13.8 Å². The maximum atomic E-state index is 12.4. The Morgan fingerprint density at radius 3 is 2.87 bits per heavy atom. The molecule has 0 bridgehead atoms. The van der Waals surface area contributed by atoms with Crippen LogP contribution in [0.5, 0.6) is 0 Å². The first-order valence-electron chi connectivity index (χ1n) is 6.95. The Labute approximate surface area is 141 Å². The quantitative estimate of drug-likeness (QED) is 0.727. The molecule has 0 saturated carbocycles. The van der Waals surface area contributed by atoms with Crippen molar-refractivity contribution in [2.45, 2.75) is 20.4 Å². The second kappa shape index (κ2) is 6.52. The molecular weight excluding hydrogens is 334 g/mol. The first-order valence-corrected chi connectivity index (χ1v) is 8.21. The molecule has 0 aliphatic carbocycles. The number of benzene rings is 1. The Balaban J connectivity index is 1.95. The van der Waals surface area contributed by atoms with E-state index in [1.54, 1.807) is 13.8 Å². The topological polar surface area (TPSA) is 60.4 Å². The van der Waals surface area contributed by atoms with Gasteiger partial charge in [-0.2, -0.15) is 4.99 Å². The number of hydrogen-bond acceptors (Lipinski definition) is 4. The van der Waals surface area contributed by atoms with E-state index in [0.717, 1.165) is 5.56 Å². The van der Waals surface area contributed by atoms with Crippen LogP contribution >= 0.6 is 22.9 Å². The molecule has 0 spiro atoms. The summed E-state index contributed by atoms with van der Waals surface area (Å²) in [6, 6.07) is 7.61. The van der Waals surface area contributed by atoms with Crippen molar-refractivity contribution in [2.24, 2.45) is 4.99 Å². The number of carbonyl (C=O) groups is 1. The minimum absolute atomic E-state index is 0.350. The lowest BCUT2D eigenvalue weighted by Crippen LogP contribution is -2.17. The molecule has 3 rings (SSSR count). The molecule has 3 aromatic rings. The number of hydrogen-bond donors (Lipinski definition) is 0. The van der Waals surface area contributed by atoms with E-state index in [9.17, 15) is 4.79 Å². The lowest BCUT2D eigenvalue weighted by Gasteiger charge is -2.05. The van der Waals surface area contributed by atoms with Crippen LogP contribution in [0.3, 0.4) is 0 Å². The molecule has 0 radical (unpaired) electrons. The van der Waals surface area contributed by atoms with E-state index in [-0.39, 0.29) is 5.91 Å². The molecule has 0 fully saturated rings. The predicted molar refractivity (Wildman–Crippen MR) is 88.7 cm³/mol. The molecule has 0 N–H and O–H groups in total. The average Bonchev–Trinajstić information content (AvgIpc) is 3.08. The Morgan fingerprint density at radius 1 is 1.39 bits per heavy atom. The summed E-state index contributed by atoms with van der Waals surface area (Å²) in [6.45, 7) is 3.98. The van der Waals surface area contributed by atoms with Gasteiger partial charge in [-0.15, -0.1) is 11.3 Å². The van der Waals surface area contributed by atoms with Gasteiger partial charge in [-0.3, -0.25) is 4.79 Å². The summed E-state index contributed by atoms with van der Waals surface area (Å²) in [5.41, 5.74) is 1.94. The van der Waals surface area contributed by atoms with Crippen molar-refractivity contribution in [1.29, 1.82) is 0 Å². The molecule has 0 aliphatic rings. The second-order valence-corrected chi connectivity index (χ2v) is 6.30. The fraction of sp³-hybridized carbons (Fsp3) is 0.188. The molecule has 23 heavy (non-hydrogen) atoms. The first-order chi connectivity index (χ1) is 11.1. The number of aromatic nitrogens is 2. The second-order valence-electron chi connectivity index (χ2n) is 5.02. The Morgan fingerprint density at radius 2 is 2.17 bits per heavy atom. The summed E-state index contributed by atoms with van der Waals surface area (Å²) < 4.78 is 6.92. The molecule has 2 heterocycles. The van der Waals surface area contributed by atoms with Crippen LogP contribution in [0.25, 0.3) is 0 Å². The number of carbonyl (C=O) groups excluding carboxylic acids is 1. The Bertz CT molecular complexity index is 904. The highest BCUT2D eigenvalue weighted by Gasteiger charge is 2.17. The van der Waals surface area contributed by atoms with Crippen LogP contribution in [-0.2, 0) is 6.54 Å². The minimum atomic E-state index is -0.350. The van der Waals surface area contributed by atoms with Gasteiger partial charge in [0, 0.05) is 16.6 Å². The van der Waals surface area contributed by atoms with Crippen LogP contribution in [-0.4, -0.2) is 15.6 Å². The zero-order chi connectivity index (χ0) is 16.4. The number of halogens is 1. The first kappa shape index (κ1) is 15.7. The molecule has 0 saturated heterocycles. The summed E-state index contributed by atoms with van der Waals surface area (Å²) in [4.78, 5) is 17.2. The third-order valence-electron chi connectivity index (χ3n) is 3.40. The van der Waals surface area contributed by atoms with Crippen molar-refractivity contribution in [3.05, 3.63) is 68.2 Å². The van der Waals surface area contributed by atoms with Crippen molar-refractivity contribution >= 4 is 28.8 Å².